The molecule has 588 valence electrons. The Labute approximate surface area is 638 Å². The number of methoxy groups -OCH3 is 2. The fourth-order valence-corrected chi connectivity index (χ4v) is 13.5. The van der Waals surface area contributed by atoms with Gasteiger partial charge in [0.1, 0.15) is 42.0 Å². The molecule has 3 fully saturated rings. The van der Waals surface area contributed by atoms with E-state index < -0.39 is 53.0 Å². The molecule has 16 N–H and O–H groups in total. The van der Waals surface area contributed by atoms with Gasteiger partial charge in [-0.05, 0) is 101 Å². The average molecular weight is 1610 g/mol. The predicted molar refractivity (Wildman–Crippen MR) is 417 cm³/mol. The molecule has 3 unspecified atom stereocenters. The lowest BCUT2D eigenvalue weighted by Crippen LogP contribution is -2.35. The second-order valence-electron chi connectivity index (χ2n) is 24.9. The minimum absolute atomic E-state index is 0. The number of nitrogens with two attached hydrogens (primary N) is 5. The van der Waals surface area contributed by atoms with Gasteiger partial charge in [0.05, 0.1) is 53.0 Å². The van der Waals surface area contributed by atoms with E-state index in [0.717, 1.165) is 38.5 Å². The van der Waals surface area contributed by atoms with Crippen LogP contribution in [0.5, 0.6) is 17.2 Å². The van der Waals surface area contributed by atoms with Crippen molar-refractivity contribution in [3.63, 3.8) is 0 Å². The van der Waals surface area contributed by atoms with Crippen molar-refractivity contribution in [3.05, 3.63) is 110 Å². The number of carbonyl (C=O) groups is 2. The van der Waals surface area contributed by atoms with Crippen LogP contribution in [0, 0.1) is 0 Å². The number of imidazole rings is 3. The predicted octanol–water partition coefficient (Wildman–Crippen LogP) is 8.95. The summed E-state index contributed by atoms with van der Waals surface area (Å²) in [7, 11) is -8.57. The minimum atomic E-state index is -3.90. The lowest BCUT2D eigenvalue weighted by Gasteiger charge is -2.23. The molecule has 42 heteroatoms. The van der Waals surface area contributed by atoms with Crippen LogP contribution in [0.2, 0.25) is 0 Å². The number of fused-ring (bicyclic) bond motifs is 3. The first kappa shape index (κ1) is 89.3. The number of rotatable bonds is 33. The molecular weight excluding hydrogens is 1510 g/mol. The highest BCUT2D eigenvalue weighted by Crippen LogP contribution is 2.46. The normalized spacial score (nSPS) is 15.1. The molecule has 0 spiro atoms. The molecule has 0 bridgehead atoms. The van der Waals surface area contributed by atoms with Crippen LogP contribution in [0.3, 0.4) is 0 Å². The van der Waals surface area contributed by atoms with E-state index in [0.29, 0.717) is 118 Å². The first-order valence-electron chi connectivity index (χ1n) is 33.6. The number of nitrogen functional groups attached to an aromatic ring is 3. The van der Waals surface area contributed by atoms with Gasteiger partial charge >= 0.3 is 34.6 Å². The molecule has 0 aliphatic heterocycles. The van der Waals surface area contributed by atoms with E-state index in [1.54, 1.807) is 125 Å². The molecule has 0 saturated heterocycles. The van der Waals surface area contributed by atoms with Crippen molar-refractivity contribution in [2.75, 3.05) is 86.2 Å². The number of anilines is 6. The largest absolute Gasteiger partial charge is 0.468 e. The molecule has 3 aliphatic carbocycles. The SMILES string of the molecule is CC(C)N.CC(C)N.COC(=O)[C@@H](C)NP(=O)(COCCn1cnc2c(NC3CC3)nc(N)nc21)Oc1ccccc1.COC(=O)[C@H](C)NP(=O)(COCCn1cnc2c(NC3CC3)nc(N)nc21)Oc1ccccc1.Cl.Cl.Cl.Nc1nc(NC2CC2)c2ncn(CCOCP(=O)(O)Oc3ccccc3)c2n1. The van der Waals surface area contributed by atoms with Gasteiger partial charge in [-0.15, -0.1) is 37.2 Å². The maximum absolute atomic E-state index is 13.5. The average Bonchev–Trinajstić information content (AvgIpc) is 1.65. The molecule has 107 heavy (non-hydrogen) atoms. The monoisotopic (exact) mass is 1610 g/mol. The molecule has 6 aromatic heterocycles. The van der Waals surface area contributed by atoms with Crippen LogP contribution >= 0.6 is 59.9 Å². The molecule has 3 aliphatic rings. The van der Waals surface area contributed by atoms with Crippen molar-refractivity contribution < 1.29 is 65.4 Å². The van der Waals surface area contributed by atoms with Gasteiger partial charge in [0.25, 0.3) is 0 Å². The zero-order valence-electron chi connectivity index (χ0n) is 60.6. The first-order valence-corrected chi connectivity index (χ1v) is 39.0. The van der Waals surface area contributed by atoms with Gasteiger partial charge in [-0.2, -0.15) is 29.9 Å². The molecule has 3 saturated carbocycles. The van der Waals surface area contributed by atoms with Crippen molar-refractivity contribution in [2.45, 2.75) is 142 Å². The second kappa shape index (κ2) is 43.0. The number of aromatic nitrogens is 12. The second-order valence-corrected chi connectivity index (χ2v) is 30.7. The molecule has 0 radical (unpaired) electrons. The minimum Gasteiger partial charge on any atom is -0.468 e. The van der Waals surface area contributed by atoms with E-state index >= 15 is 0 Å². The van der Waals surface area contributed by atoms with Crippen LogP contribution < -0.4 is 68.4 Å². The van der Waals surface area contributed by atoms with E-state index in [2.05, 4.69) is 71.0 Å². The number of hydrogen-bond acceptors (Lipinski definition) is 30. The molecule has 5 atom stereocenters. The summed E-state index contributed by atoms with van der Waals surface area (Å²) >= 11 is 0. The van der Waals surface area contributed by atoms with Gasteiger partial charge in [0, 0.05) is 37.8 Å². The quantitative estimate of drug-likeness (QED) is 0.0104. The fraction of sp³-hybridized carbons (Fsp3) is 0.462. The van der Waals surface area contributed by atoms with Crippen LogP contribution in [0.15, 0.2) is 110 Å². The van der Waals surface area contributed by atoms with E-state index in [9.17, 15) is 28.2 Å². The Balaban J connectivity index is 0.000000271. The summed E-state index contributed by atoms with van der Waals surface area (Å²) in [5.41, 5.74) is 31.5. The van der Waals surface area contributed by atoms with Crippen LogP contribution in [-0.2, 0) is 66.6 Å². The Kier molecular flexibility index (Phi) is 35.9. The van der Waals surface area contributed by atoms with E-state index in [-0.39, 0.29) is 87.6 Å². The number of esters is 2. The molecule has 6 heterocycles. The number of hydrogen-bond donors (Lipinski definition) is 11. The Morgan fingerprint density at radius 2 is 0.738 bits per heavy atom. The summed E-state index contributed by atoms with van der Waals surface area (Å²) in [6.45, 7) is 12.6. The molecule has 3 aromatic carbocycles. The van der Waals surface area contributed by atoms with Crippen LogP contribution in [0.25, 0.3) is 33.5 Å². The molecular formula is C65H98Cl3N22O14P3. The third-order valence-electron chi connectivity index (χ3n) is 14.3. The maximum Gasteiger partial charge on any atom is 0.402 e. The number of nitrogens with one attached hydrogen (secondary N) is 5. The van der Waals surface area contributed by atoms with Crippen LogP contribution in [0.1, 0.15) is 80.1 Å². The summed E-state index contributed by atoms with van der Waals surface area (Å²) < 4.78 is 87.0. The number of benzene rings is 3. The first-order chi connectivity index (χ1) is 49.7. The standard InChI is InChI=1S/2C21H28N7O5P.C17H21N6O4P.2C3H9N.3ClH/c2*1-14(20(29)31-2)27-34(30,33-16-6-4-3-5-7-16)13-32-11-10-28-12-23-17-18(24-15-8-9-15)25-21(22)26-19(17)28;18-17-21-15(20-12-6-7-12)14-16(22-17)23(10-19-14)8-9-26-11-28(24,25)27-13-4-2-1-3-5-13;2*1-3(2)4;;;/h2*3-7,12,14-15H,8-11,13H2,1-2H3,(H,27,30)(H3,22,24,25,26);1-5,10,12H,6-9,11H2,(H,24,25)(H3,18,20,21,22);2*3H,4H2,1-2H3;3*1H/t2*14-,34?;;;;;;/m10....../s1. The van der Waals surface area contributed by atoms with Gasteiger partial charge in [-0.3, -0.25) is 18.7 Å². The molecule has 12 rings (SSSR count). The summed E-state index contributed by atoms with van der Waals surface area (Å²) in [5.74, 6) is 2.31. The summed E-state index contributed by atoms with van der Waals surface area (Å²) in [6.07, 6.45) is 10.5. The third-order valence-corrected chi connectivity index (χ3v) is 18.9. The zero-order chi connectivity index (χ0) is 75.0. The molecule has 0 amide bonds. The summed E-state index contributed by atoms with van der Waals surface area (Å²) in [6, 6.07) is 26.0. The highest BCUT2D eigenvalue weighted by molar-refractivity contribution is 7.57. The number of ether oxygens (including phenoxy) is 5. The highest BCUT2D eigenvalue weighted by atomic mass is 35.5. The van der Waals surface area contributed by atoms with Crippen molar-refractivity contribution in [1.82, 2.24) is 68.7 Å². The Hall–Kier alpha value is -8.31. The smallest absolute Gasteiger partial charge is 0.402 e. The molecule has 9 aromatic rings. The highest BCUT2D eigenvalue weighted by Gasteiger charge is 2.33. The Morgan fingerprint density at radius 1 is 0.467 bits per heavy atom. The Bertz CT molecular complexity index is 4160. The number of carbonyl (C=O) groups excluding carboxylic acids is 2. The van der Waals surface area contributed by atoms with Crippen molar-refractivity contribution >= 4 is 141 Å². The van der Waals surface area contributed by atoms with Crippen LogP contribution in [0.4, 0.5) is 35.3 Å². The maximum atomic E-state index is 13.5. The van der Waals surface area contributed by atoms with E-state index in [1.165, 1.54) is 14.2 Å². The van der Waals surface area contributed by atoms with Gasteiger partial charge in [-0.1, -0.05) is 82.3 Å². The van der Waals surface area contributed by atoms with Crippen molar-refractivity contribution in [1.29, 1.82) is 0 Å². The molecule has 36 nitrogen and oxygen atoms in total. The summed E-state index contributed by atoms with van der Waals surface area (Å²) in [4.78, 5) is 72.4. The van der Waals surface area contributed by atoms with Gasteiger partial charge in [0.2, 0.25) is 17.8 Å². The fourth-order valence-electron chi connectivity index (χ4n) is 9.18. The summed E-state index contributed by atoms with van der Waals surface area (Å²) in [5, 5.41) is 15.4. The number of halogens is 3. The topological polar surface area (TPSA) is 500 Å². The lowest BCUT2D eigenvalue weighted by molar-refractivity contribution is -0.143. The zero-order valence-corrected chi connectivity index (χ0v) is 65.7. The van der Waals surface area contributed by atoms with Crippen molar-refractivity contribution in [3.8, 4) is 17.2 Å². The van der Waals surface area contributed by atoms with Gasteiger partial charge < -0.3 is 100 Å². The van der Waals surface area contributed by atoms with Crippen molar-refractivity contribution in [2.24, 2.45) is 11.5 Å². The van der Waals surface area contributed by atoms with E-state index in [1.807, 2.05) is 39.8 Å². The van der Waals surface area contributed by atoms with Gasteiger partial charge in [-0.25, -0.2) is 29.7 Å². The van der Waals surface area contributed by atoms with E-state index in [4.69, 9.17) is 65.9 Å². The van der Waals surface area contributed by atoms with Gasteiger partial charge in [0.15, 0.2) is 57.3 Å². The lowest BCUT2D eigenvalue weighted by atomic mass is 10.3. The Morgan fingerprint density at radius 3 is 1.01 bits per heavy atom. The number of para-hydroxylation sites is 3. The number of nitrogens with zero attached hydrogens (tertiary/aromatic N) is 12. The third kappa shape index (κ3) is 30.0. The van der Waals surface area contributed by atoms with Crippen LogP contribution in [-0.4, -0.2) is 171 Å².